The molecule has 0 aliphatic rings. The molecule has 0 aliphatic heterocycles. The van der Waals surface area contributed by atoms with Crippen LogP contribution < -0.4 is 0 Å². The highest BCUT2D eigenvalue weighted by molar-refractivity contribution is 5.99. The predicted molar refractivity (Wildman–Crippen MR) is 65.9 cm³/mol. The summed E-state index contributed by atoms with van der Waals surface area (Å²) in [5, 5.41) is 0. The molecule has 0 spiro atoms. The summed E-state index contributed by atoms with van der Waals surface area (Å²) in [5.74, 6) is 0.0969. The van der Waals surface area contributed by atoms with Crippen molar-refractivity contribution in [2.75, 3.05) is 7.11 Å². The number of ketones is 1. The molecule has 0 N–H and O–H groups in total. The van der Waals surface area contributed by atoms with Gasteiger partial charge in [0.1, 0.15) is 6.10 Å². The Kier molecular flexibility index (Phi) is 5.20. The molecule has 1 aromatic carbocycles. The quantitative estimate of drug-likeness (QED) is 0.688. The van der Waals surface area contributed by atoms with Gasteiger partial charge >= 0.3 is 0 Å². The minimum absolute atomic E-state index is 0.0969. The maximum atomic E-state index is 12.1. The van der Waals surface area contributed by atoms with Gasteiger partial charge in [-0.3, -0.25) is 4.79 Å². The molecule has 2 heteroatoms. The van der Waals surface area contributed by atoms with E-state index in [0.29, 0.717) is 0 Å². The lowest BCUT2D eigenvalue weighted by Gasteiger charge is -2.13. The molecular weight excluding hydrogens is 200 g/mol. The lowest BCUT2D eigenvalue weighted by atomic mass is 10.0. The Morgan fingerprint density at radius 3 is 2.69 bits per heavy atom. The fraction of sp³-hybridized carbons (Fsp3) is 0.500. The van der Waals surface area contributed by atoms with Gasteiger partial charge in [0.25, 0.3) is 0 Å². The number of Topliss-reactive ketones (excluding diaryl/α,β-unsaturated/α-hetero) is 1. The van der Waals surface area contributed by atoms with Gasteiger partial charge in [-0.1, -0.05) is 38.5 Å². The first-order valence-corrected chi connectivity index (χ1v) is 5.88. The topological polar surface area (TPSA) is 26.3 Å². The van der Waals surface area contributed by atoms with E-state index in [2.05, 4.69) is 13.8 Å². The average Bonchev–Trinajstić information content (AvgIpc) is 2.35. The summed E-state index contributed by atoms with van der Waals surface area (Å²) in [6.45, 7) is 4.14. The molecular formula is C14H20O2. The van der Waals surface area contributed by atoms with Crippen LogP contribution in [0.3, 0.4) is 0 Å². The zero-order valence-corrected chi connectivity index (χ0v) is 10.3. The SMILES string of the molecule is CCCC(OC)C(=O)c1cccc(CC)c1. The van der Waals surface area contributed by atoms with Gasteiger partial charge in [-0.05, 0) is 24.5 Å². The molecule has 0 amide bonds. The Morgan fingerprint density at radius 1 is 1.38 bits per heavy atom. The summed E-state index contributed by atoms with van der Waals surface area (Å²) in [6, 6.07) is 7.80. The molecule has 1 atom stereocenters. The normalized spacial score (nSPS) is 12.4. The van der Waals surface area contributed by atoms with Crippen LogP contribution in [-0.2, 0) is 11.2 Å². The van der Waals surface area contributed by atoms with Gasteiger partial charge in [-0.2, -0.15) is 0 Å². The first-order chi connectivity index (χ1) is 7.72. The second-order valence-corrected chi connectivity index (χ2v) is 3.93. The number of benzene rings is 1. The summed E-state index contributed by atoms with van der Waals surface area (Å²) in [7, 11) is 1.60. The van der Waals surface area contributed by atoms with Crippen LogP contribution in [0.2, 0.25) is 0 Å². The molecule has 0 saturated carbocycles. The van der Waals surface area contributed by atoms with E-state index in [9.17, 15) is 4.79 Å². The van der Waals surface area contributed by atoms with E-state index in [-0.39, 0.29) is 11.9 Å². The van der Waals surface area contributed by atoms with E-state index in [1.54, 1.807) is 7.11 Å². The van der Waals surface area contributed by atoms with Crippen molar-refractivity contribution in [2.45, 2.75) is 39.2 Å². The van der Waals surface area contributed by atoms with Crippen molar-refractivity contribution < 1.29 is 9.53 Å². The van der Waals surface area contributed by atoms with Gasteiger partial charge in [0.05, 0.1) is 0 Å². The molecule has 16 heavy (non-hydrogen) atoms. The third kappa shape index (κ3) is 3.17. The second-order valence-electron chi connectivity index (χ2n) is 3.93. The van der Waals surface area contributed by atoms with Gasteiger partial charge in [-0.25, -0.2) is 0 Å². The fourth-order valence-corrected chi connectivity index (χ4v) is 1.75. The number of methoxy groups -OCH3 is 1. The molecule has 0 aliphatic carbocycles. The Hall–Kier alpha value is -1.15. The van der Waals surface area contributed by atoms with Crippen LogP contribution in [0.4, 0.5) is 0 Å². The highest BCUT2D eigenvalue weighted by Crippen LogP contribution is 2.12. The van der Waals surface area contributed by atoms with Crippen molar-refractivity contribution in [3.05, 3.63) is 35.4 Å². The van der Waals surface area contributed by atoms with Gasteiger partial charge in [0.15, 0.2) is 5.78 Å². The monoisotopic (exact) mass is 220 g/mol. The maximum absolute atomic E-state index is 12.1. The van der Waals surface area contributed by atoms with Crippen LogP contribution in [0, 0.1) is 0 Å². The number of aryl methyl sites for hydroxylation is 1. The van der Waals surface area contributed by atoms with Crippen molar-refractivity contribution in [1.29, 1.82) is 0 Å². The summed E-state index contributed by atoms with van der Waals surface area (Å²) in [4.78, 5) is 12.1. The summed E-state index contributed by atoms with van der Waals surface area (Å²) in [6.07, 6.45) is 2.40. The van der Waals surface area contributed by atoms with Gasteiger partial charge < -0.3 is 4.74 Å². The number of hydrogen-bond donors (Lipinski definition) is 0. The van der Waals surface area contributed by atoms with Crippen LogP contribution in [0.25, 0.3) is 0 Å². The molecule has 0 heterocycles. The highest BCUT2D eigenvalue weighted by Gasteiger charge is 2.18. The van der Waals surface area contributed by atoms with E-state index in [1.165, 1.54) is 5.56 Å². The molecule has 88 valence electrons. The molecule has 0 bridgehead atoms. The zero-order chi connectivity index (χ0) is 12.0. The first-order valence-electron chi connectivity index (χ1n) is 5.88. The van der Waals surface area contributed by atoms with Gasteiger partial charge in [-0.15, -0.1) is 0 Å². The average molecular weight is 220 g/mol. The standard InChI is InChI=1S/C14H20O2/c1-4-7-13(16-3)14(15)12-9-6-8-11(5-2)10-12/h6,8-10,13H,4-5,7H2,1-3H3. The molecule has 0 saturated heterocycles. The first kappa shape index (κ1) is 12.9. The largest absolute Gasteiger partial charge is 0.373 e. The number of hydrogen-bond acceptors (Lipinski definition) is 2. The van der Waals surface area contributed by atoms with Crippen molar-refractivity contribution in [3.63, 3.8) is 0 Å². The Bertz CT molecular complexity index is 344. The minimum Gasteiger partial charge on any atom is -0.373 e. The van der Waals surface area contributed by atoms with Crippen LogP contribution in [-0.4, -0.2) is 19.0 Å². The zero-order valence-electron chi connectivity index (χ0n) is 10.3. The van der Waals surface area contributed by atoms with E-state index in [4.69, 9.17) is 4.74 Å². The molecule has 1 unspecified atom stereocenters. The molecule has 1 aromatic rings. The number of ether oxygens (including phenoxy) is 1. The molecule has 0 fully saturated rings. The van der Waals surface area contributed by atoms with E-state index in [0.717, 1.165) is 24.8 Å². The fourth-order valence-electron chi connectivity index (χ4n) is 1.75. The van der Waals surface area contributed by atoms with Crippen LogP contribution in [0.15, 0.2) is 24.3 Å². The number of carbonyl (C=O) groups excluding carboxylic acids is 1. The lowest BCUT2D eigenvalue weighted by molar-refractivity contribution is 0.0578. The van der Waals surface area contributed by atoms with Crippen molar-refractivity contribution in [1.82, 2.24) is 0 Å². The van der Waals surface area contributed by atoms with E-state index in [1.807, 2.05) is 24.3 Å². The smallest absolute Gasteiger partial charge is 0.191 e. The third-order valence-electron chi connectivity index (χ3n) is 2.75. The van der Waals surface area contributed by atoms with Crippen molar-refractivity contribution in [3.8, 4) is 0 Å². The van der Waals surface area contributed by atoms with E-state index < -0.39 is 0 Å². The van der Waals surface area contributed by atoms with Crippen LogP contribution >= 0.6 is 0 Å². The minimum atomic E-state index is -0.294. The summed E-state index contributed by atoms with van der Waals surface area (Å²) >= 11 is 0. The van der Waals surface area contributed by atoms with Gasteiger partial charge in [0.2, 0.25) is 0 Å². The Morgan fingerprint density at radius 2 is 2.12 bits per heavy atom. The highest BCUT2D eigenvalue weighted by atomic mass is 16.5. The van der Waals surface area contributed by atoms with E-state index >= 15 is 0 Å². The maximum Gasteiger partial charge on any atom is 0.191 e. The third-order valence-corrected chi connectivity index (χ3v) is 2.75. The van der Waals surface area contributed by atoms with Crippen LogP contribution in [0.5, 0.6) is 0 Å². The molecule has 0 aromatic heterocycles. The second kappa shape index (κ2) is 6.44. The summed E-state index contributed by atoms with van der Waals surface area (Å²) < 4.78 is 5.23. The van der Waals surface area contributed by atoms with Crippen LogP contribution in [0.1, 0.15) is 42.6 Å². The molecule has 2 nitrogen and oxygen atoms in total. The van der Waals surface area contributed by atoms with Crippen molar-refractivity contribution >= 4 is 5.78 Å². The molecule has 0 radical (unpaired) electrons. The van der Waals surface area contributed by atoms with Gasteiger partial charge in [0, 0.05) is 12.7 Å². The van der Waals surface area contributed by atoms with Crippen molar-refractivity contribution in [2.24, 2.45) is 0 Å². The Labute approximate surface area is 97.6 Å². The lowest BCUT2D eigenvalue weighted by Crippen LogP contribution is -2.22. The molecule has 1 rings (SSSR count). The summed E-state index contributed by atoms with van der Waals surface area (Å²) in [5.41, 5.74) is 1.96. The Balaban J connectivity index is 2.85. The predicted octanol–water partition coefficient (Wildman–Crippen LogP) is 3.25. The number of rotatable bonds is 6. The number of carbonyl (C=O) groups is 1.